The summed E-state index contributed by atoms with van der Waals surface area (Å²) in [5.74, 6) is 0.649. The van der Waals surface area contributed by atoms with Crippen molar-refractivity contribution in [1.29, 1.82) is 0 Å². The lowest BCUT2D eigenvalue weighted by Crippen LogP contribution is -2.49. The van der Waals surface area contributed by atoms with Gasteiger partial charge in [-0.15, -0.1) is 0 Å². The van der Waals surface area contributed by atoms with Gasteiger partial charge in [0.15, 0.2) is 0 Å². The largest absolute Gasteiger partial charge is 0.340 e. The highest BCUT2D eigenvalue weighted by atomic mass is 16.2. The van der Waals surface area contributed by atoms with Gasteiger partial charge >= 0.3 is 0 Å². The summed E-state index contributed by atoms with van der Waals surface area (Å²) in [4.78, 5) is 14.5. The van der Waals surface area contributed by atoms with Crippen molar-refractivity contribution in [3.8, 4) is 0 Å². The Bertz CT molecular complexity index is 440. The Balaban J connectivity index is 1.78. The number of likely N-dealkylation sites (tertiary alicyclic amines) is 1. The first-order valence-corrected chi connectivity index (χ1v) is 6.87. The second kappa shape index (κ2) is 4.43. The highest BCUT2D eigenvalue weighted by Crippen LogP contribution is 2.36. The maximum absolute atomic E-state index is 12.6. The molecule has 1 aromatic rings. The van der Waals surface area contributed by atoms with Crippen LogP contribution >= 0.6 is 0 Å². The van der Waals surface area contributed by atoms with Crippen LogP contribution in [0.5, 0.6) is 0 Å². The number of aromatic nitrogens is 1. The molecule has 2 atom stereocenters. The Hall–Kier alpha value is -1.29. The molecule has 1 saturated heterocycles. The van der Waals surface area contributed by atoms with E-state index < -0.39 is 0 Å². The lowest BCUT2D eigenvalue weighted by atomic mass is 9.96. The summed E-state index contributed by atoms with van der Waals surface area (Å²) in [7, 11) is 0. The quantitative estimate of drug-likeness (QED) is 0.863. The molecular weight excluding hydrogens is 226 g/mol. The summed E-state index contributed by atoms with van der Waals surface area (Å²) in [6.45, 7) is 3.70. The van der Waals surface area contributed by atoms with Crippen LogP contribution in [-0.4, -0.2) is 34.5 Å². The molecule has 98 valence electrons. The highest BCUT2D eigenvalue weighted by molar-refractivity contribution is 5.93. The lowest BCUT2D eigenvalue weighted by molar-refractivity contribution is 0.0650. The Morgan fingerprint density at radius 3 is 2.83 bits per heavy atom. The smallest absolute Gasteiger partial charge is 0.270 e. The van der Waals surface area contributed by atoms with E-state index in [1.165, 1.54) is 12.8 Å². The molecular formula is C14H21N3O. The molecule has 18 heavy (non-hydrogen) atoms. The molecule has 1 amide bonds. The van der Waals surface area contributed by atoms with E-state index in [2.05, 4.69) is 11.5 Å². The van der Waals surface area contributed by atoms with Gasteiger partial charge in [0.1, 0.15) is 5.69 Å². The standard InChI is InChI=1S/C14H21N3O/c1-10-7-11(15)9-16(8-10)14(18)13-3-2-6-17(13)12-4-5-12/h2-3,6,10-12H,4-5,7-9,15H2,1H3. The van der Waals surface area contributed by atoms with Crippen LogP contribution in [0.25, 0.3) is 0 Å². The predicted molar refractivity (Wildman–Crippen MR) is 70.4 cm³/mol. The van der Waals surface area contributed by atoms with Gasteiger partial charge < -0.3 is 15.2 Å². The minimum Gasteiger partial charge on any atom is -0.340 e. The number of nitrogens with two attached hydrogens (primary N) is 1. The van der Waals surface area contributed by atoms with Crippen LogP contribution in [0.4, 0.5) is 0 Å². The molecule has 4 nitrogen and oxygen atoms in total. The zero-order valence-corrected chi connectivity index (χ0v) is 10.9. The first kappa shape index (κ1) is 11.8. The monoisotopic (exact) mass is 247 g/mol. The van der Waals surface area contributed by atoms with Gasteiger partial charge in [0.05, 0.1) is 0 Å². The lowest BCUT2D eigenvalue weighted by Gasteiger charge is -2.35. The molecule has 2 N–H and O–H groups in total. The normalized spacial score (nSPS) is 28.4. The summed E-state index contributed by atoms with van der Waals surface area (Å²) < 4.78 is 2.13. The maximum atomic E-state index is 12.6. The zero-order valence-electron chi connectivity index (χ0n) is 10.9. The Morgan fingerprint density at radius 1 is 1.39 bits per heavy atom. The summed E-state index contributed by atoms with van der Waals surface area (Å²) >= 11 is 0. The number of amides is 1. The molecule has 0 spiro atoms. The minimum absolute atomic E-state index is 0.127. The number of nitrogens with zero attached hydrogens (tertiary/aromatic N) is 2. The minimum atomic E-state index is 0.127. The molecule has 4 heteroatoms. The van der Waals surface area contributed by atoms with Crippen molar-refractivity contribution in [2.24, 2.45) is 11.7 Å². The third-order valence-electron chi connectivity index (χ3n) is 3.92. The first-order valence-electron chi connectivity index (χ1n) is 6.87. The van der Waals surface area contributed by atoms with Gasteiger partial charge in [-0.25, -0.2) is 0 Å². The van der Waals surface area contributed by atoms with Crippen molar-refractivity contribution in [2.45, 2.75) is 38.3 Å². The molecule has 2 fully saturated rings. The third kappa shape index (κ3) is 2.17. The van der Waals surface area contributed by atoms with E-state index >= 15 is 0 Å². The van der Waals surface area contributed by atoms with E-state index in [0.29, 0.717) is 18.5 Å². The van der Waals surface area contributed by atoms with E-state index in [1.54, 1.807) is 0 Å². The van der Waals surface area contributed by atoms with Crippen LogP contribution in [0, 0.1) is 5.92 Å². The Labute approximate surface area is 108 Å². The van der Waals surface area contributed by atoms with Crippen LogP contribution < -0.4 is 5.73 Å². The van der Waals surface area contributed by atoms with Gasteiger partial charge in [0, 0.05) is 31.4 Å². The molecule has 1 saturated carbocycles. The fraction of sp³-hybridized carbons (Fsp3) is 0.643. The highest BCUT2D eigenvalue weighted by Gasteiger charge is 2.31. The number of rotatable bonds is 2. The fourth-order valence-electron chi connectivity index (χ4n) is 2.97. The third-order valence-corrected chi connectivity index (χ3v) is 3.92. The van der Waals surface area contributed by atoms with Gasteiger partial charge in [-0.2, -0.15) is 0 Å². The first-order chi connectivity index (χ1) is 8.65. The molecule has 1 aliphatic heterocycles. The van der Waals surface area contributed by atoms with Crippen molar-refractivity contribution in [3.63, 3.8) is 0 Å². The molecule has 2 heterocycles. The van der Waals surface area contributed by atoms with Gasteiger partial charge in [0.25, 0.3) is 5.91 Å². The number of carbonyl (C=O) groups is 1. The number of hydrogen-bond acceptors (Lipinski definition) is 2. The molecule has 0 aromatic carbocycles. The Morgan fingerprint density at radius 2 is 2.17 bits per heavy atom. The molecule has 2 unspecified atom stereocenters. The van der Waals surface area contributed by atoms with Gasteiger partial charge in [-0.05, 0) is 37.3 Å². The number of hydrogen-bond donors (Lipinski definition) is 1. The Kier molecular flexibility index (Phi) is 2.90. The van der Waals surface area contributed by atoms with Crippen LogP contribution in [0.1, 0.15) is 42.7 Å². The average molecular weight is 247 g/mol. The molecule has 0 radical (unpaired) electrons. The molecule has 2 aliphatic rings. The number of carbonyl (C=O) groups excluding carboxylic acids is 1. The maximum Gasteiger partial charge on any atom is 0.270 e. The van der Waals surface area contributed by atoms with Crippen molar-refractivity contribution in [3.05, 3.63) is 24.0 Å². The topological polar surface area (TPSA) is 51.3 Å². The van der Waals surface area contributed by atoms with Crippen molar-refractivity contribution < 1.29 is 4.79 Å². The van der Waals surface area contributed by atoms with Crippen molar-refractivity contribution in [2.75, 3.05) is 13.1 Å². The summed E-state index contributed by atoms with van der Waals surface area (Å²) in [6.07, 6.45) is 5.45. The summed E-state index contributed by atoms with van der Waals surface area (Å²) in [5, 5.41) is 0. The van der Waals surface area contributed by atoms with Crippen LogP contribution in [-0.2, 0) is 0 Å². The zero-order chi connectivity index (χ0) is 12.7. The van der Waals surface area contributed by atoms with Gasteiger partial charge in [-0.1, -0.05) is 6.92 Å². The SMILES string of the molecule is CC1CC(N)CN(C(=O)c2cccn2C2CC2)C1. The van der Waals surface area contributed by atoms with Gasteiger partial charge in [-0.3, -0.25) is 4.79 Å². The van der Waals surface area contributed by atoms with E-state index in [9.17, 15) is 4.79 Å². The van der Waals surface area contributed by atoms with Gasteiger partial charge in [0.2, 0.25) is 0 Å². The summed E-state index contributed by atoms with van der Waals surface area (Å²) in [6, 6.07) is 4.58. The predicted octanol–water partition coefficient (Wildman–Crippen LogP) is 1.63. The van der Waals surface area contributed by atoms with E-state index in [-0.39, 0.29) is 11.9 Å². The van der Waals surface area contributed by atoms with E-state index in [1.807, 2.05) is 23.2 Å². The molecule has 1 aliphatic carbocycles. The molecule has 0 bridgehead atoms. The van der Waals surface area contributed by atoms with E-state index in [0.717, 1.165) is 18.7 Å². The fourth-order valence-corrected chi connectivity index (χ4v) is 2.97. The van der Waals surface area contributed by atoms with E-state index in [4.69, 9.17) is 5.73 Å². The summed E-state index contributed by atoms with van der Waals surface area (Å²) in [5.41, 5.74) is 6.85. The molecule has 1 aromatic heterocycles. The van der Waals surface area contributed by atoms with Crippen LogP contribution in [0.3, 0.4) is 0 Å². The van der Waals surface area contributed by atoms with Crippen molar-refractivity contribution in [1.82, 2.24) is 9.47 Å². The second-order valence-corrected chi connectivity index (χ2v) is 5.84. The van der Waals surface area contributed by atoms with Crippen molar-refractivity contribution >= 4 is 5.91 Å². The second-order valence-electron chi connectivity index (χ2n) is 5.84. The number of piperidine rings is 1. The van der Waals surface area contributed by atoms with Crippen LogP contribution in [0.2, 0.25) is 0 Å². The molecule has 3 rings (SSSR count). The average Bonchev–Trinajstić information content (AvgIpc) is 3.05. The van der Waals surface area contributed by atoms with Crippen LogP contribution in [0.15, 0.2) is 18.3 Å².